The van der Waals surface area contributed by atoms with Crippen molar-refractivity contribution in [2.24, 2.45) is 5.92 Å². The van der Waals surface area contributed by atoms with Gasteiger partial charge >= 0.3 is 12.0 Å². The van der Waals surface area contributed by atoms with E-state index < -0.39 is 24.3 Å². The van der Waals surface area contributed by atoms with Crippen molar-refractivity contribution < 1.29 is 33.6 Å². The zero-order valence-electron chi connectivity index (χ0n) is 26.6. The molecule has 0 unspecified atom stereocenters. The molecule has 0 aliphatic carbocycles. The van der Waals surface area contributed by atoms with E-state index in [4.69, 9.17) is 18.9 Å². The first-order valence-electron chi connectivity index (χ1n) is 15.4. The number of esters is 1. The average molecular weight is 657 g/mol. The van der Waals surface area contributed by atoms with Gasteiger partial charge in [-0.25, -0.2) is 9.59 Å². The number of ether oxygens (including phenoxy) is 4. The summed E-state index contributed by atoms with van der Waals surface area (Å²) in [4.78, 5) is 26.5. The van der Waals surface area contributed by atoms with Crippen LogP contribution in [0.15, 0.2) is 108 Å². The molecule has 47 heavy (non-hydrogen) atoms. The first kappa shape index (κ1) is 34.0. The van der Waals surface area contributed by atoms with Crippen molar-refractivity contribution in [2.75, 3.05) is 25.3 Å². The maximum atomic E-state index is 13.1. The summed E-state index contributed by atoms with van der Waals surface area (Å²) < 4.78 is 23.7. The maximum absolute atomic E-state index is 13.1. The fourth-order valence-electron chi connectivity index (χ4n) is 5.49. The van der Waals surface area contributed by atoms with Crippen LogP contribution in [0.1, 0.15) is 41.6 Å². The summed E-state index contributed by atoms with van der Waals surface area (Å²) in [6, 6.07) is 31.0. The number of benzene rings is 4. The molecule has 10 heteroatoms. The number of nitrogens with one attached hydrogen (secondary N) is 2. The summed E-state index contributed by atoms with van der Waals surface area (Å²) in [7, 11) is 2.96. The predicted octanol–water partition coefficient (Wildman–Crippen LogP) is 6.68. The number of aliphatic hydroxyl groups excluding tert-OH is 1. The van der Waals surface area contributed by atoms with Gasteiger partial charge in [-0.3, -0.25) is 0 Å². The first-order valence-corrected chi connectivity index (χ1v) is 16.4. The highest BCUT2D eigenvalue weighted by Gasteiger charge is 2.38. The zero-order chi connectivity index (χ0) is 33.2. The molecule has 1 heterocycles. The Morgan fingerprint density at radius 1 is 0.872 bits per heavy atom. The molecule has 0 saturated carbocycles. The van der Waals surface area contributed by atoms with E-state index in [1.165, 1.54) is 7.11 Å². The summed E-state index contributed by atoms with van der Waals surface area (Å²) in [5.74, 6) is 0.926. The minimum absolute atomic E-state index is 0.000360. The summed E-state index contributed by atoms with van der Waals surface area (Å²) in [6.07, 6.45) is -0.909. The number of para-hydroxylation sites is 1. The molecule has 3 N–H and O–H groups in total. The number of thioether (sulfide) groups is 1. The third kappa shape index (κ3) is 8.93. The van der Waals surface area contributed by atoms with Crippen LogP contribution in [0.2, 0.25) is 0 Å². The number of urea groups is 1. The normalized spacial score (nSPS) is 19.7. The maximum Gasteiger partial charge on any atom is 0.328 e. The molecule has 2 amide bonds. The van der Waals surface area contributed by atoms with Gasteiger partial charge in [0.25, 0.3) is 0 Å². The number of methoxy groups -OCH3 is 2. The second-order valence-corrected chi connectivity index (χ2v) is 12.3. The highest BCUT2D eigenvalue weighted by molar-refractivity contribution is 7.99. The van der Waals surface area contributed by atoms with Crippen molar-refractivity contribution >= 4 is 29.4 Å². The molecule has 4 aromatic carbocycles. The van der Waals surface area contributed by atoms with Crippen molar-refractivity contribution in [2.45, 2.75) is 49.4 Å². The van der Waals surface area contributed by atoms with E-state index >= 15 is 0 Å². The molecule has 5 rings (SSSR count). The van der Waals surface area contributed by atoms with Gasteiger partial charge in [-0.05, 0) is 41.0 Å². The summed E-state index contributed by atoms with van der Waals surface area (Å²) >= 11 is 1.66. The number of carbonyl (C=O) groups is 2. The Morgan fingerprint density at radius 2 is 1.62 bits per heavy atom. The molecule has 0 aromatic heterocycles. The topological polar surface area (TPSA) is 115 Å². The molecule has 4 aromatic rings. The third-order valence-corrected chi connectivity index (χ3v) is 9.23. The van der Waals surface area contributed by atoms with Gasteiger partial charge in [0.15, 0.2) is 6.29 Å². The fraction of sp³-hybridized carbons (Fsp3) is 0.297. The molecule has 1 aliphatic heterocycles. The van der Waals surface area contributed by atoms with E-state index in [0.717, 1.165) is 32.9 Å². The van der Waals surface area contributed by atoms with Crippen LogP contribution < -0.4 is 15.4 Å². The Labute approximate surface area is 279 Å². The lowest BCUT2D eigenvalue weighted by Gasteiger charge is -2.41. The number of hydrogen-bond donors (Lipinski definition) is 3. The Bertz CT molecular complexity index is 1620. The molecule has 5 atom stereocenters. The van der Waals surface area contributed by atoms with Gasteiger partial charge in [0.05, 0.1) is 33.0 Å². The largest absolute Gasteiger partial charge is 0.496 e. The molecule has 9 nitrogen and oxygen atoms in total. The molecule has 246 valence electrons. The number of amides is 2. The van der Waals surface area contributed by atoms with E-state index in [1.54, 1.807) is 31.0 Å². The van der Waals surface area contributed by atoms with Crippen LogP contribution in [0.3, 0.4) is 0 Å². The minimum atomic E-state index is -0.864. The van der Waals surface area contributed by atoms with Crippen molar-refractivity contribution in [3.8, 4) is 5.75 Å². The van der Waals surface area contributed by atoms with Crippen LogP contribution in [-0.2, 0) is 32.0 Å². The van der Waals surface area contributed by atoms with Crippen LogP contribution in [0.4, 0.5) is 10.5 Å². The van der Waals surface area contributed by atoms with Crippen LogP contribution >= 0.6 is 11.8 Å². The van der Waals surface area contributed by atoms with Crippen molar-refractivity contribution in [1.29, 1.82) is 0 Å². The fourth-order valence-corrected chi connectivity index (χ4v) is 6.69. The standard InChI is InChI=1S/C37H40N2O7S/c1-24-32(23-47-33-15-8-7-14-31(33)43-2)45-36(46-34(24)27-18-16-26(22-40)17-19-27)28-12-9-13-29(21-28)38-37(42)39-30(35(41)44-3)20-25-10-5-4-6-11-25/h4-19,21,24,30,32,34,36,40H,20,22-23H2,1-3H3,(H2,38,39,42)/t24-,30-,32+,34+,36+/m0/s1. The van der Waals surface area contributed by atoms with Gasteiger partial charge < -0.3 is 34.7 Å². The van der Waals surface area contributed by atoms with Gasteiger partial charge in [0.1, 0.15) is 11.8 Å². The SMILES string of the molecule is COC(=O)[C@H](Cc1ccccc1)NC(=O)Nc1cccc([C@@H]2O[C@H](CSc3ccccc3OC)[C@H](C)[C@H](c3ccc(CO)cc3)O2)c1. The Kier molecular flexibility index (Phi) is 11.9. The van der Waals surface area contributed by atoms with Gasteiger partial charge in [0, 0.05) is 34.2 Å². The molecule has 1 aliphatic rings. The van der Waals surface area contributed by atoms with Crippen LogP contribution in [-0.4, -0.2) is 49.2 Å². The van der Waals surface area contributed by atoms with Gasteiger partial charge in [0.2, 0.25) is 0 Å². The quantitative estimate of drug-likeness (QED) is 0.114. The zero-order valence-corrected chi connectivity index (χ0v) is 27.4. The van der Waals surface area contributed by atoms with E-state index in [0.29, 0.717) is 11.4 Å². The first-order chi connectivity index (χ1) is 22.9. The molecule has 1 fully saturated rings. The van der Waals surface area contributed by atoms with E-state index in [9.17, 15) is 14.7 Å². The van der Waals surface area contributed by atoms with Crippen LogP contribution in [0, 0.1) is 5.92 Å². The highest BCUT2D eigenvalue weighted by Crippen LogP contribution is 2.44. The van der Waals surface area contributed by atoms with E-state index in [2.05, 4.69) is 17.6 Å². The number of aliphatic hydroxyl groups is 1. The molecular formula is C37H40N2O7S. The summed E-state index contributed by atoms with van der Waals surface area (Å²) in [6.45, 7) is 2.08. The molecule has 1 saturated heterocycles. The van der Waals surface area contributed by atoms with Crippen molar-refractivity contribution in [3.63, 3.8) is 0 Å². The number of anilines is 1. The Hall–Kier alpha value is -4.35. The van der Waals surface area contributed by atoms with E-state index in [1.807, 2.05) is 91.0 Å². The Balaban J connectivity index is 1.33. The smallest absolute Gasteiger partial charge is 0.328 e. The van der Waals surface area contributed by atoms with Crippen molar-refractivity contribution in [3.05, 3.63) is 125 Å². The van der Waals surface area contributed by atoms with Crippen LogP contribution in [0.25, 0.3) is 0 Å². The van der Waals surface area contributed by atoms with Gasteiger partial charge in [-0.2, -0.15) is 0 Å². The lowest BCUT2D eigenvalue weighted by molar-refractivity contribution is -0.268. The minimum Gasteiger partial charge on any atom is -0.496 e. The molecule has 0 spiro atoms. The number of carbonyl (C=O) groups excluding carboxylic acids is 2. The molecular weight excluding hydrogens is 616 g/mol. The third-order valence-electron chi connectivity index (χ3n) is 8.09. The second kappa shape index (κ2) is 16.5. The van der Waals surface area contributed by atoms with Gasteiger partial charge in [-0.1, -0.05) is 85.8 Å². The average Bonchev–Trinajstić information content (AvgIpc) is 3.11. The molecule has 0 radical (unpaired) electrons. The summed E-state index contributed by atoms with van der Waals surface area (Å²) in [5, 5.41) is 15.1. The monoisotopic (exact) mass is 656 g/mol. The molecule has 0 bridgehead atoms. The van der Waals surface area contributed by atoms with Gasteiger partial charge in [-0.15, -0.1) is 11.8 Å². The number of hydrogen-bond acceptors (Lipinski definition) is 8. The van der Waals surface area contributed by atoms with Crippen LogP contribution in [0.5, 0.6) is 5.75 Å². The van der Waals surface area contributed by atoms with E-state index in [-0.39, 0.29) is 31.2 Å². The second-order valence-electron chi connectivity index (χ2n) is 11.3. The summed E-state index contributed by atoms with van der Waals surface area (Å²) in [5.41, 5.74) is 3.94. The number of rotatable bonds is 12. The lowest BCUT2D eigenvalue weighted by atomic mass is 9.91. The highest BCUT2D eigenvalue weighted by atomic mass is 32.2. The Morgan fingerprint density at radius 3 is 2.34 bits per heavy atom. The lowest BCUT2D eigenvalue weighted by Crippen LogP contribution is -2.45. The predicted molar refractivity (Wildman–Crippen MR) is 181 cm³/mol. The van der Waals surface area contributed by atoms with Crippen molar-refractivity contribution in [1.82, 2.24) is 5.32 Å².